The molecule has 0 saturated carbocycles. The summed E-state index contributed by atoms with van der Waals surface area (Å²) in [5.41, 5.74) is 0. The Kier molecular flexibility index (Phi) is 2.46. The third-order valence-corrected chi connectivity index (χ3v) is 3.58. The Morgan fingerprint density at radius 3 is 2.86 bits per heavy atom. The first-order chi connectivity index (χ1) is 3.39. The van der Waals surface area contributed by atoms with Crippen LogP contribution in [0.4, 0.5) is 0 Å². The Morgan fingerprint density at radius 1 is 1.71 bits per heavy atom. The summed E-state index contributed by atoms with van der Waals surface area (Å²) in [5, 5.41) is 1.09. The van der Waals surface area contributed by atoms with E-state index >= 15 is 0 Å². The van der Waals surface area contributed by atoms with E-state index in [1.807, 2.05) is 0 Å². The number of halogens is 2. The van der Waals surface area contributed by atoms with Crippen molar-refractivity contribution in [2.75, 3.05) is 8.86 Å². The Labute approximate surface area is 59.2 Å². The van der Waals surface area contributed by atoms with Crippen LogP contribution in [0.15, 0.2) is 11.1 Å². The van der Waals surface area contributed by atoms with Crippen molar-refractivity contribution >= 4 is 11.6 Å². The Hall–Kier alpha value is 0.760. The molecule has 0 N–H and O–H groups in total. The number of hydrogen-bond donors (Lipinski definition) is 0. The molecule has 42 valence electrons. The summed E-state index contributed by atoms with van der Waals surface area (Å²) in [6.07, 6.45) is 3.33. The fraction of sp³-hybridized carbons (Fsp3) is 0.600. The van der Waals surface area contributed by atoms with E-state index < -0.39 is 0 Å². The van der Waals surface area contributed by atoms with Gasteiger partial charge in [0, 0.05) is 0 Å². The molecule has 0 fully saturated rings. The maximum absolute atomic E-state index is 5.70. The van der Waals surface area contributed by atoms with Crippen molar-refractivity contribution in [2.24, 2.45) is 0 Å². The van der Waals surface area contributed by atoms with Gasteiger partial charge in [-0.3, -0.25) is 0 Å². The molecule has 0 bridgehead atoms. The molecular formula is C5H7ClI-. The molecule has 0 aromatic carbocycles. The second-order valence-corrected chi connectivity index (χ2v) is 4.96. The minimum atomic E-state index is 0.527. The van der Waals surface area contributed by atoms with Gasteiger partial charge >= 0.3 is 59.2 Å². The van der Waals surface area contributed by atoms with E-state index in [-0.39, 0.29) is 0 Å². The third-order valence-electron chi connectivity index (χ3n) is 0.875. The van der Waals surface area contributed by atoms with Crippen molar-refractivity contribution in [1.29, 1.82) is 0 Å². The van der Waals surface area contributed by atoms with Gasteiger partial charge in [0.05, 0.1) is 0 Å². The van der Waals surface area contributed by atoms with E-state index in [1.165, 1.54) is 8.86 Å². The minimum absolute atomic E-state index is 0.527. The quantitative estimate of drug-likeness (QED) is 0.354. The van der Waals surface area contributed by atoms with Gasteiger partial charge in [-0.15, -0.1) is 0 Å². The van der Waals surface area contributed by atoms with Crippen LogP contribution in [0.2, 0.25) is 0 Å². The molecule has 0 spiro atoms. The summed E-state index contributed by atoms with van der Waals surface area (Å²) >= 11 is 6.22. The number of allylic oxidation sites excluding steroid dienone is 2. The molecule has 0 aromatic heterocycles. The average molecular weight is 229 g/mol. The maximum atomic E-state index is 5.70. The van der Waals surface area contributed by atoms with E-state index in [2.05, 4.69) is 6.08 Å². The summed E-state index contributed by atoms with van der Waals surface area (Å²) in [6, 6.07) is 0. The van der Waals surface area contributed by atoms with Crippen LogP contribution in [0.3, 0.4) is 0 Å². The molecule has 2 heteroatoms. The number of alkyl halides is 2. The first kappa shape index (κ1) is 5.89. The van der Waals surface area contributed by atoms with E-state index in [0.29, 0.717) is 21.2 Å². The second kappa shape index (κ2) is 2.92. The molecule has 0 unspecified atom stereocenters. The number of rotatable bonds is 0. The van der Waals surface area contributed by atoms with Crippen LogP contribution in [0.25, 0.3) is 0 Å². The van der Waals surface area contributed by atoms with Gasteiger partial charge in [-0.2, -0.15) is 0 Å². The molecule has 0 atom stereocenters. The summed E-state index contributed by atoms with van der Waals surface area (Å²) in [6.45, 7) is 0. The summed E-state index contributed by atoms with van der Waals surface area (Å²) in [4.78, 5) is 0. The fourth-order valence-corrected chi connectivity index (χ4v) is 3.47. The van der Waals surface area contributed by atoms with Crippen molar-refractivity contribution in [1.82, 2.24) is 0 Å². The van der Waals surface area contributed by atoms with E-state index in [9.17, 15) is 0 Å². The first-order valence-corrected chi connectivity index (χ1v) is 5.70. The van der Waals surface area contributed by atoms with E-state index in [4.69, 9.17) is 11.6 Å². The van der Waals surface area contributed by atoms with Gasteiger partial charge in [0.2, 0.25) is 0 Å². The SMILES string of the molecule is ClC1=CC[I-]CC1. The normalized spacial score (nSPS) is 22.7. The van der Waals surface area contributed by atoms with Crippen molar-refractivity contribution in [3.63, 3.8) is 0 Å². The molecular weight excluding hydrogens is 222 g/mol. The van der Waals surface area contributed by atoms with Crippen LogP contribution in [-0.4, -0.2) is 8.86 Å². The predicted molar refractivity (Wildman–Crippen MR) is 28.3 cm³/mol. The Morgan fingerprint density at radius 2 is 2.57 bits per heavy atom. The summed E-state index contributed by atoms with van der Waals surface area (Å²) in [5.74, 6) is 0. The van der Waals surface area contributed by atoms with Crippen LogP contribution in [0, 0.1) is 0 Å². The van der Waals surface area contributed by atoms with Gasteiger partial charge in [0.15, 0.2) is 0 Å². The summed E-state index contributed by atoms with van der Waals surface area (Å²) in [7, 11) is 0. The van der Waals surface area contributed by atoms with Gasteiger partial charge < -0.3 is 0 Å². The van der Waals surface area contributed by atoms with Gasteiger partial charge in [0.25, 0.3) is 0 Å². The molecule has 0 aromatic rings. The van der Waals surface area contributed by atoms with Crippen LogP contribution >= 0.6 is 11.6 Å². The van der Waals surface area contributed by atoms with Gasteiger partial charge in [-0.05, 0) is 0 Å². The van der Waals surface area contributed by atoms with E-state index in [1.54, 1.807) is 0 Å². The van der Waals surface area contributed by atoms with Crippen molar-refractivity contribution in [2.45, 2.75) is 6.42 Å². The van der Waals surface area contributed by atoms with E-state index in [0.717, 1.165) is 11.5 Å². The van der Waals surface area contributed by atoms with Crippen molar-refractivity contribution in [3.8, 4) is 0 Å². The molecule has 1 heterocycles. The first-order valence-electron chi connectivity index (χ1n) is 2.27. The Balaban J connectivity index is 2.40. The van der Waals surface area contributed by atoms with Crippen molar-refractivity contribution < 1.29 is 21.2 Å². The number of hydrogen-bond acceptors (Lipinski definition) is 0. The fourth-order valence-electron chi connectivity index (χ4n) is 0.475. The Bertz CT molecular complexity index is 88.1. The van der Waals surface area contributed by atoms with Crippen LogP contribution in [0.5, 0.6) is 0 Å². The van der Waals surface area contributed by atoms with Gasteiger partial charge in [0.1, 0.15) is 0 Å². The predicted octanol–water partition coefficient (Wildman–Crippen LogP) is -1.40. The zero-order valence-electron chi connectivity index (χ0n) is 3.95. The molecule has 0 amide bonds. The zero-order chi connectivity index (χ0) is 5.11. The summed E-state index contributed by atoms with van der Waals surface area (Å²) < 4.78 is 2.70. The average Bonchev–Trinajstić information content (AvgIpc) is 1.69. The second-order valence-electron chi connectivity index (χ2n) is 1.43. The van der Waals surface area contributed by atoms with Gasteiger partial charge in [-0.1, -0.05) is 0 Å². The van der Waals surface area contributed by atoms with Crippen LogP contribution in [-0.2, 0) is 0 Å². The third kappa shape index (κ3) is 2.00. The standard InChI is InChI=1S/C5H7ClI/c6-5-1-3-7-4-2-5/h1H,2-4H2/q-1. The molecule has 1 rings (SSSR count). The monoisotopic (exact) mass is 229 g/mol. The molecule has 0 aliphatic carbocycles. The molecule has 1 aliphatic rings. The van der Waals surface area contributed by atoms with Crippen molar-refractivity contribution in [3.05, 3.63) is 11.1 Å². The zero-order valence-corrected chi connectivity index (χ0v) is 6.87. The molecule has 0 saturated heterocycles. The molecule has 0 radical (unpaired) electrons. The molecule has 0 nitrogen and oxygen atoms in total. The van der Waals surface area contributed by atoms with Gasteiger partial charge in [-0.25, -0.2) is 0 Å². The van der Waals surface area contributed by atoms with Crippen LogP contribution in [0.1, 0.15) is 6.42 Å². The molecule has 7 heavy (non-hydrogen) atoms. The molecule has 1 aliphatic heterocycles. The van der Waals surface area contributed by atoms with Crippen LogP contribution < -0.4 is 21.2 Å². The topological polar surface area (TPSA) is 0 Å².